The van der Waals surface area contributed by atoms with Crippen LogP contribution in [0, 0.1) is 50.2 Å². The third kappa shape index (κ3) is 8.10. The molecule has 8 aliphatic rings. The summed E-state index contributed by atoms with van der Waals surface area (Å²) >= 11 is 0. The van der Waals surface area contributed by atoms with Gasteiger partial charge in [-0.25, -0.2) is 0 Å². The highest BCUT2D eigenvalue weighted by molar-refractivity contribution is 5.79. The predicted molar refractivity (Wildman–Crippen MR) is 232 cm³/mol. The van der Waals surface area contributed by atoms with Crippen LogP contribution in [-0.2, 0) is 33.2 Å². The molecule has 8 rings (SSSR count). The molecule has 0 amide bonds. The fourth-order valence-electron chi connectivity index (χ4n) is 14.9. The van der Waals surface area contributed by atoms with Crippen LogP contribution in [-0.4, -0.2) is 192 Å². The number of carbonyl (C=O) groups is 1. The highest BCUT2D eigenvalue weighted by atomic mass is 16.8. The lowest BCUT2D eigenvalue weighted by molar-refractivity contribution is -0.361. The van der Waals surface area contributed by atoms with Crippen molar-refractivity contribution in [1.82, 2.24) is 0 Å². The largest absolute Gasteiger partial charge is 0.432 e. The number of aliphatic hydroxyl groups excluding tert-OH is 12. The average Bonchev–Trinajstić information content (AvgIpc) is 3.30. The molecule has 3 aliphatic heterocycles. The van der Waals surface area contributed by atoms with Crippen LogP contribution in [0.3, 0.4) is 0 Å². The van der Waals surface area contributed by atoms with Crippen molar-refractivity contribution in [2.24, 2.45) is 50.2 Å². The van der Waals surface area contributed by atoms with Gasteiger partial charge in [0.25, 0.3) is 0 Å². The Kier molecular flexibility index (Phi) is 14.4. The average molecular weight is 959 g/mol. The predicted octanol–water partition coefficient (Wildman–Crippen LogP) is -0.887. The summed E-state index contributed by atoms with van der Waals surface area (Å²) in [6, 6.07) is 0. The Labute approximate surface area is 392 Å². The molecule has 3 heterocycles. The van der Waals surface area contributed by atoms with Gasteiger partial charge < -0.3 is 89.7 Å². The third-order valence-electron chi connectivity index (χ3n) is 19.6. The lowest BCUT2D eigenvalue weighted by Gasteiger charge is -2.71. The van der Waals surface area contributed by atoms with Crippen molar-refractivity contribution >= 4 is 5.97 Å². The van der Waals surface area contributed by atoms with Gasteiger partial charge in [-0.1, -0.05) is 46.3 Å². The second-order valence-electron chi connectivity index (χ2n) is 23.1. The highest BCUT2D eigenvalue weighted by Crippen LogP contribution is 2.76. The molecule has 0 aromatic rings. The summed E-state index contributed by atoms with van der Waals surface area (Å²) in [5, 5.41) is 129. The van der Waals surface area contributed by atoms with E-state index in [-0.39, 0.29) is 47.2 Å². The molecule has 12 N–H and O–H groups in total. The van der Waals surface area contributed by atoms with Crippen LogP contribution in [0.25, 0.3) is 0 Å². The molecule has 19 nitrogen and oxygen atoms in total. The van der Waals surface area contributed by atoms with Crippen molar-refractivity contribution in [2.45, 2.75) is 204 Å². The molecule has 4 saturated carbocycles. The van der Waals surface area contributed by atoms with Gasteiger partial charge in [0.1, 0.15) is 67.1 Å². The lowest BCUT2D eigenvalue weighted by atomic mass is 9.33. The van der Waals surface area contributed by atoms with Gasteiger partial charge in [-0.2, -0.15) is 0 Å². The lowest BCUT2D eigenvalue weighted by Crippen LogP contribution is -2.66. The number of carbonyl (C=O) groups excluding carboxylic acids is 1. The van der Waals surface area contributed by atoms with E-state index < -0.39 is 134 Å². The van der Waals surface area contributed by atoms with Gasteiger partial charge in [-0.05, 0) is 111 Å². The minimum absolute atomic E-state index is 0.0772. The summed E-state index contributed by atoms with van der Waals surface area (Å²) in [6.45, 7) is 11.0. The Balaban J connectivity index is 0.986. The minimum atomic E-state index is -1.88. The summed E-state index contributed by atoms with van der Waals surface area (Å²) in [4.78, 5) is 15.0. The molecule has 25 atom stereocenters. The van der Waals surface area contributed by atoms with Gasteiger partial charge in [0.15, 0.2) is 12.6 Å². The Morgan fingerprint density at radius 3 is 1.99 bits per heavy atom. The molecule has 0 aromatic heterocycles. The van der Waals surface area contributed by atoms with Gasteiger partial charge in [0.05, 0.1) is 37.4 Å². The van der Waals surface area contributed by atoms with E-state index in [4.69, 9.17) is 28.4 Å². The summed E-state index contributed by atoms with van der Waals surface area (Å²) in [6.07, 6.45) is -16.2. The van der Waals surface area contributed by atoms with Crippen LogP contribution >= 0.6 is 0 Å². The first-order chi connectivity index (χ1) is 31.4. The zero-order valence-electron chi connectivity index (χ0n) is 39.7. The van der Waals surface area contributed by atoms with Gasteiger partial charge in [-0.3, -0.25) is 4.79 Å². The van der Waals surface area contributed by atoms with Crippen LogP contribution < -0.4 is 0 Å². The Morgan fingerprint density at radius 1 is 0.672 bits per heavy atom. The van der Waals surface area contributed by atoms with Crippen LogP contribution in [0.4, 0.5) is 0 Å². The first-order valence-corrected chi connectivity index (χ1v) is 24.5. The second kappa shape index (κ2) is 18.5. The fraction of sp³-hybridized carbons (Fsp3) is 0.938. The zero-order chi connectivity index (χ0) is 49.0. The van der Waals surface area contributed by atoms with E-state index in [1.807, 2.05) is 13.8 Å². The van der Waals surface area contributed by atoms with Crippen molar-refractivity contribution < 1.29 is 94.5 Å². The molecular weight excluding hydrogens is 881 g/mol. The Morgan fingerprint density at radius 2 is 1.31 bits per heavy atom. The third-order valence-corrected chi connectivity index (χ3v) is 19.6. The van der Waals surface area contributed by atoms with E-state index >= 15 is 0 Å². The Hall–Kier alpha value is -1.47. The summed E-state index contributed by atoms with van der Waals surface area (Å²) in [5.41, 5.74) is -1.67. The number of hydrogen-bond acceptors (Lipinski definition) is 19. The van der Waals surface area contributed by atoms with Gasteiger partial charge in [0, 0.05) is 12.0 Å². The van der Waals surface area contributed by atoms with E-state index in [0.29, 0.717) is 38.5 Å². The fourth-order valence-corrected chi connectivity index (χ4v) is 14.9. The molecule has 67 heavy (non-hydrogen) atoms. The summed E-state index contributed by atoms with van der Waals surface area (Å²) in [7, 11) is 0. The molecule has 384 valence electrons. The standard InChI is InChI=1S/C48H78O19/c1-22-30(53)32(55)35(58)40(63-22)66-38-25(18-49)64-39(37(60)34(38)57)62-19-26-31(54)33(56)36(59)41(65-26)67-42(61)48-15-13-43(2,20-50)17-24(48)23-7-8-28-44(3)11-10-29(52)45(4,21-51)27(44)9-12-47(28,6)46(23,5)14-16-48/h7,22,24-41,49-60H,8-21H2,1-6H3/t22-,24-,25+,26+,27+,28+,29+,30-,31+,32+,33-,34+,35+,36+,37+,38+,39+,40-,41-,43+,44-,45-,46+,47+,48-/m0/s1. The van der Waals surface area contributed by atoms with Crippen LogP contribution in [0.2, 0.25) is 0 Å². The molecule has 0 aromatic carbocycles. The number of hydrogen-bond donors (Lipinski definition) is 12. The van der Waals surface area contributed by atoms with E-state index in [1.165, 1.54) is 12.5 Å². The van der Waals surface area contributed by atoms with Crippen molar-refractivity contribution in [2.75, 3.05) is 26.4 Å². The first kappa shape index (κ1) is 51.9. The number of ether oxygens (including phenoxy) is 6. The molecule has 0 bridgehead atoms. The van der Waals surface area contributed by atoms with Crippen LogP contribution in [0.15, 0.2) is 11.6 Å². The first-order valence-electron chi connectivity index (χ1n) is 24.5. The van der Waals surface area contributed by atoms with E-state index in [1.54, 1.807) is 0 Å². The monoisotopic (exact) mass is 959 g/mol. The second-order valence-corrected chi connectivity index (χ2v) is 23.1. The van der Waals surface area contributed by atoms with E-state index in [0.717, 1.165) is 25.7 Å². The molecule has 0 radical (unpaired) electrons. The van der Waals surface area contributed by atoms with Crippen LogP contribution in [0.5, 0.6) is 0 Å². The van der Waals surface area contributed by atoms with Crippen LogP contribution in [0.1, 0.15) is 106 Å². The normalized spacial score (nSPS) is 55.6. The van der Waals surface area contributed by atoms with Gasteiger partial charge >= 0.3 is 5.97 Å². The van der Waals surface area contributed by atoms with Gasteiger partial charge in [0.2, 0.25) is 6.29 Å². The number of allylic oxidation sites excluding steroid dienone is 2. The zero-order valence-corrected chi connectivity index (χ0v) is 39.7. The molecular formula is C48H78O19. The maximum Gasteiger partial charge on any atom is 0.315 e. The van der Waals surface area contributed by atoms with Crippen molar-refractivity contribution in [3.8, 4) is 0 Å². The topological polar surface area (TPSA) is 315 Å². The number of esters is 1. The maximum atomic E-state index is 15.0. The quantitative estimate of drug-likeness (QED) is 0.0934. The number of aliphatic hydroxyl groups is 12. The molecule has 5 aliphatic carbocycles. The SMILES string of the molecule is C[C@@H]1O[C@@H](O[C@H]2[C@H](O)[C@@H](O)[C@H](OC[C@H]3O[C@@H](OC(=O)[C@]45CC[C@@](C)(CO)C[C@H]4C4=CC[C@@H]6[C@@]7(C)CC[C@@H](O)[C@@](C)(CO)[C@@H]7CC[C@@]6(C)[C@]4(C)CC5)[C@H](O)[C@@H](O)[C@@H]3O)O[C@@H]2CO)[C@H](O)[C@H](O)[C@H]1O. The van der Waals surface area contributed by atoms with Crippen molar-refractivity contribution in [3.05, 3.63) is 11.6 Å². The van der Waals surface area contributed by atoms with E-state index in [9.17, 15) is 66.1 Å². The molecule has 0 spiro atoms. The minimum Gasteiger partial charge on any atom is -0.432 e. The highest BCUT2D eigenvalue weighted by Gasteiger charge is 2.70. The number of rotatable bonds is 10. The van der Waals surface area contributed by atoms with Crippen molar-refractivity contribution in [3.63, 3.8) is 0 Å². The number of fused-ring (bicyclic) bond motifs is 7. The molecule has 7 fully saturated rings. The molecule has 0 unspecified atom stereocenters. The molecule has 3 saturated heterocycles. The Bertz CT molecular complexity index is 1820. The summed E-state index contributed by atoms with van der Waals surface area (Å²) < 4.78 is 34.7. The molecule has 19 heteroatoms. The smallest absolute Gasteiger partial charge is 0.315 e. The van der Waals surface area contributed by atoms with E-state index in [2.05, 4.69) is 26.8 Å². The van der Waals surface area contributed by atoms with Gasteiger partial charge in [-0.15, -0.1) is 0 Å². The maximum absolute atomic E-state index is 15.0. The van der Waals surface area contributed by atoms with Crippen molar-refractivity contribution in [1.29, 1.82) is 0 Å². The summed E-state index contributed by atoms with van der Waals surface area (Å²) in [5.74, 6) is -0.587.